The number of hydrogen-bond acceptors (Lipinski definition) is 2. The quantitative estimate of drug-likeness (QED) is 0.800. The molecular formula is C13H12BrFN2O. The van der Waals surface area contributed by atoms with E-state index in [1.807, 2.05) is 0 Å². The van der Waals surface area contributed by atoms with E-state index in [1.165, 1.54) is 12.1 Å². The van der Waals surface area contributed by atoms with Gasteiger partial charge in [-0.3, -0.25) is 4.79 Å². The number of hydrogen-bond donors (Lipinski definition) is 0. The lowest BCUT2D eigenvalue weighted by Crippen LogP contribution is -2.39. The molecule has 0 spiro atoms. The van der Waals surface area contributed by atoms with Crippen molar-refractivity contribution in [2.45, 2.75) is 12.8 Å². The van der Waals surface area contributed by atoms with Gasteiger partial charge in [-0.2, -0.15) is 5.26 Å². The molecule has 0 aliphatic carbocycles. The number of likely N-dealkylation sites (tertiary alicyclic amines) is 1. The average Bonchev–Trinajstić information content (AvgIpc) is 2.41. The van der Waals surface area contributed by atoms with Crippen molar-refractivity contribution in [1.29, 1.82) is 5.26 Å². The van der Waals surface area contributed by atoms with Gasteiger partial charge in [-0.15, -0.1) is 0 Å². The Morgan fingerprint density at radius 1 is 1.56 bits per heavy atom. The van der Waals surface area contributed by atoms with Crippen molar-refractivity contribution in [3.05, 3.63) is 34.1 Å². The molecule has 1 aliphatic heterocycles. The van der Waals surface area contributed by atoms with E-state index >= 15 is 0 Å². The van der Waals surface area contributed by atoms with Gasteiger partial charge in [-0.05, 0) is 47.0 Å². The molecule has 0 radical (unpaired) electrons. The molecule has 1 saturated heterocycles. The Morgan fingerprint density at radius 3 is 3.00 bits per heavy atom. The Bertz CT molecular complexity index is 512. The third-order valence-corrected chi connectivity index (χ3v) is 3.70. The van der Waals surface area contributed by atoms with Crippen LogP contribution < -0.4 is 0 Å². The minimum atomic E-state index is -0.449. The minimum absolute atomic E-state index is 0.108. The number of carbonyl (C=O) groups is 1. The van der Waals surface area contributed by atoms with Gasteiger partial charge in [-0.25, -0.2) is 4.39 Å². The SMILES string of the molecule is N#CC1CCCN(C(=O)c2ccc(Br)c(F)c2)C1. The summed E-state index contributed by atoms with van der Waals surface area (Å²) in [6.07, 6.45) is 1.65. The summed E-state index contributed by atoms with van der Waals surface area (Å²) < 4.78 is 13.7. The maximum absolute atomic E-state index is 13.4. The van der Waals surface area contributed by atoms with Crippen molar-refractivity contribution < 1.29 is 9.18 Å². The van der Waals surface area contributed by atoms with Crippen LogP contribution in [0.4, 0.5) is 4.39 Å². The summed E-state index contributed by atoms with van der Waals surface area (Å²) in [5.41, 5.74) is 0.328. The second-order valence-corrected chi connectivity index (χ2v) is 5.20. The summed E-state index contributed by atoms with van der Waals surface area (Å²) in [4.78, 5) is 13.8. The number of nitriles is 1. The van der Waals surface area contributed by atoms with Crippen LogP contribution in [0.3, 0.4) is 0 Å². The van der Waals surface area contributed by atoms with Gasteiger partial charge in [-0.1, -0.05) is 0 Å². The monoisotopic (exact) mass is 310 g/mol. The number of benzene rings is 1. The van der Waals surface area contributed by atoms with Crippen LogP contribution in [0.15, 0.2) is 22.7 Å². The zero-order valence-corrected chi connectivity index (χ0v) is 11.3. The fraction of sp³-hybridized carbons (Fsp3) is 0.385. The number of piperidine rings is 1. The van der Waals surface area contributed by atoms with E-state index in [0.29, 0.717) is 23.1 Å². The Balaban J connectivity index is 2.15. The molecule has 1 atom stereocenters. The fourth-order valence-corrected chi connectivity index (χ4v) is 2.33. The predicted molar refractivity (Wildman–Crippen MR) is 68.3 cm³/mol. The summed E-state index contributed by atoms with van der Waals surface area (Å²) in [5.74, 6) is -0.765. The standard InChI is InChI=1S/C13H12BrFN2O/c14-11-4-3-10(6-12(11)15)13(18)17-5-1-2-9(7-16)8-17/h3-4,6,9H,1-2,5,8H2. The first kappa shape index (κ1) is 13.0. The lowest BCUT2D eigenvalue weighted by molar-refractivity contribution is 0.0698. The van der Waals surface area contributed by atoms with Gasteiger partial charge < -0.3 is 4.90 Å². The summed E-state index contributed by atoms with van der Waals surface area (Å²) in [6.45, 7) is 1.07. The molecule has 1 fully saturated rings. The molecule has 5 heteroatoms. The highest BCUT2D eigenvalue weighted by Crippen LogP contribution is 2.21. The molecule has 1 aliphatic rings. The molecule has 1 aromatic rings. The van der Waals surface area contributed by atoms with E-state index in [2.05, 4.69) is 22.0 Å². The van der Waals surface area contributed by atoms with Gasteiger partial charge in [0.2, 0.25) is 0 Å². The molecule has 94 valence electrons. The van der Waals surface area contributed by atoms with E-state index < -0.39 is 5.82 Å². The van der Waals surface area contributed by atoms with Crippen molar-refractivity contribution in [3.63, 3.8) is 0 Å². The average molecular weight is 311 g/mol. The maximum Gasteiger partial charge on any atom is 0.253 e. The smallest absolute Gasteiger partial charge is 0.253 e. The molecule has 1 aromatic carbocycles. The minimum Gasteiger partial charge on any atom is -0.337 e. The Morgan fingerprint density at radius 2 is 2.33 bits per heavy atom. The van der Waals surface area contributed by atoms with Crippen molar-refractivity contribution in [1.82, 2.24) is 4.90 Å². The van der Waals surface area contributed by atoms with Gasteiger partial charge in [0, 0.05) is 18.7 Å². The Kier molecular flexibility index (Phi) is 3.97. The molecule has 18 heavy (non-hydrogen) atoms. The van der Waals surface area contributed by atoms with E-state index in [4.69, 9.17) is 5.26 Å². The van der Waals surface area contributed by atoms with Crippen LogP contribution in [-0.4, -0.2) is 23.9 Å². The van der Waals surface area contributed by atoms with E-state index in [-0.39, 0.29) is 11.8 Å². The van der Waals surface area contributed by atoms with Crippen LogP contribution in [0, 0.1) is 23.1 Å². The Labute approximate surface area is 113 Å². The number of amides is 1. The third kappa shape index (κ3) is 2.70. The number of carbonyl (C=O) groups excluding carboxylic acids is 1. The van der Waals surface area contributed by atoms with E-state index in [0.717, 1.165) is 12.8 Å². The van der Waals surface area contributed by atoms with Crippen molar-refractivity contribution >= 4 is 21.8 Å². The molecule has 1 heterocycles. The molecule has 1 unspecified atom stereocenters. The van der Waals surface area contributed by atoms with Crippen LogP contribution in [0.25, 0.3) is 0 Å². The second kappa shape index (κ2) is 5.49. The topological polar surface area (TPSA) is 44.1 Å². The lowest BCUT2D eigenvalue weighted by atomic mass is 9.99. The van der Waals surface area contributed by atoms with Gasteiger partial charge in [0.15, 0.2) is 0 Å². The largest absolute Gasteiger partial charge is 0.337 e. The van der Waals surface area contributed by atoms with E-state index in [1.54, 1.807) is 11.0 Å². The summed E-state index contributed by atoms with van der Waals surface area (Å²) in [6, 6.07) is 6.52. The number of halogens is 2. The maximum atomic E-state index is 13.4. The van der Waals surface area contributed by atoms with Crippen LogP contribution in [-0.2, 0) is 0 Å². The first-order chi connectivity index (χ1) is 8.61. The highest BCUT2D eigenvalue weighted by Gasteiger charge is 2.24. The summed E-state index contributed by atoms with van der Waals surface area (Å²) in [5, 5.41) is 8.89. The zero-order chi connectivity index (χ0) is 13.1. The van der Waals surface area contributed by atoms with Gasteiger partial charge in [0.25, 0.3) is 5.91 Å². The molecule has 0 saturated carbocycles. The number of rotatable bonds is 1. The number of nitrogens with zero attached hydrogens (tertiary/aromatic N) is 2. The molecular weight excluding hydrogens is 299 g/mol. The predicted octanol–water partition coefficient (Wildman–Crippen LogP) is 2.96. The molecule has 0 bridgehead atoms. The van der Waals surface area contributed by atoms with Crippen LogP contribution in [0.5, 0.6) is 0 Å². The molecule has 3 nitrogen and oxygen atoms in total. The van der Waals surface area contributed by atoms with E-state index in [9.17, 15) is 9.18 Å². The Hall–Kier alpha value is -1.41. The van der Waals surface area contributed by atoms with Crippen LogP contribution >= 0.6 is 15.9 Å². The first-order valence-corrected chi connectivity index (χ1v) is 6.55. The fourth-order valence-electron chi connectivity index (χ4n) is 2.08. The third-order valence-electron chi connectivity index (χ3n) is 3.06. The van der Waals surface area contributed by atoms with Gasteiger partial charge in [0.1, 0.15) is 5.82 Å². The first-order valence-electron chi connectivity index (χ1n) is 5.75. The highest BCUT2D eigenvalue weighted by atomic mass is 79.9. The highest BCUT2D eigenvalue weighted by molar-refractivity contribution is 9.10. The van der Waals surface area contributed by atoms with Crippen molar-refractivity contribution in [2.75, 3.05) is 13.1 Å². The van der Waals surface area contributed by atoms with Crippen molar-refractivity contribution in [3.8, 4) is 6.07 Å². The molecule has 1 amide bonds. The van der Waals surface area contributed by atoms with Crippen LogP contribution in [0.1, 0.15) is 23.2 Å². The molecule has 2 rings (SSSR count). The van der Waals surface area contributed by atoms with Crippen molar-refractivity contribution in [2.24, 2.45) is 5.92 Å². The molecule has 0 aromatic heterocycles. The second-order valence-electron chi connectivity index (χ2n) is 4.35. The van der Waals surface area contributed by atoms with Gasteiger partial charge >= 0.3 is 0 Å². The lowest BCUT2D eigenvalue weighted by Gasteiger charge is -2.29. The van der Waals surface area contributed by atoms with Crippen LogP contribution in [0.2, 0.25) is 0 Å². The normalized spacial score (nSPS) is 19.4. The zero-order valence-electron chi connectivity index (χ0n) is 9.70. The summed E-state index contributed by atoms with van der Waals surface area (Å²) in [7, 11) is 0. The van der Waals surface area contributed by atoms with Gasteiger partial charge in [0.05, 0.1) is 16.5 Å². The summed E-state index contributed by atoms with van der Waals surface area (Å²) >= 11 is 3.05. The molecule has 0 N–H and O–H groups in total.